The van der Waals surface area contributed by atoms with Crippen LogP contribution >= 0.6 is 11.3 Å². The van der Waals surface area contributed by atoms with Crippen LogP contribution < -0.4 is 14.2 Å². The lowest BCUT2D eigenvalue weighted by molar-refractivity contribution is 0.354. The Morgan fingerprint density at radius 3 is 2.54 bits per heavy atom. The lowest BCUT2D eigenvalue weighted by Gasteiger charge is -2.16. The van der Waals surface area contributed by atoms with Gasteiger partial charge in [-0.2, -0.15) is 0 Å². The number of methoxy groups -OCH3 is 2. The molecule has 1 N–H and O–H groups in total. The van der Waals surface area contributed by atoms with E-state index in [-0.39, 0.29) is 6.04 Å². The SMILES string of the molecule is CCc1ccc(S(=O)(=O)NC2CCc3cc(OC)c(OC)cc32)s1. The molecule has 1 aromatic heterocycles. The van der Waals surface area contributed by atoms with Gasteiger partial charge in [0, 0.05) is 10.9 Å². The monoisotopic (exact) mass is 367 g/mol. The van der Waals surface area contributed by atoms with Crippen LogP contribution in [0.25, 0.3) is 0 Å². The smallest absolute Gasteiger partial charge is 0.250 e. The number of aryl methyl sites for hydroxylation is 2. The number of sulfonamides is 1. The molecule has 1 aromatic carbocycles. The molecule has 0 aliphatic heterocycles. The van der Waals surface area contributed by atoms with Crippen LogP contribution in [0.5, 0.6) is 11.5 Å². The maximum Gasteiger partial charge on any atom is 0.250 e. The third-order valence-electron chi connectivity index (χ3n) is 4.27. The van der Waals surface area contributed by atoms with Crippen molar-refractivity contribution < 1.29 is 17.9 Å². The van der Waals surface area contributed by atoms with Crippen LogP contribution in [0.4, 0.5) is 0 Å². The van der Waals surface area contributed by atoms with E-state index in [4.69, 9.17) is 9.47 Å². The molecule has 1 atom stereocenters. The fourth-order valence-corrected chi connectivity index (χ4v) is 5.56. The van der Waals surface area contributed by atoms with Crippen molar-refractivity contribution in [1.82, 2.24) is 4.72 Å². The molecule has 0 amide bonds. The van der Waals surface area contributed by atoms with Crippen molar-refractivity contribution in [3.05, 3.63) is 40.3 Å². The highest BCUT2D eigenvalue weighted by molar-refractivity contribution is 7.91. The van der Waals surface area contributed by atoms with Gasteiger partial charge >= 0.3 is 0 Å². The zero-order chi connectivity index (χ0) is 17.3. The molecule has 0 radical (unpaired) electrons. The molecular weight excluding hydrogens is 346 g/mol. The van der Waals surface area contributed by atoms with E-state index in [1.807, 2.05) is 25.1 Å². The summed E-state index contributed by atoms with van der Waals surface area (Å²) in [5, 5.41) is 0. The Labute approximate surface area is 146 Å². The van der Waals surface area contributed by atoms with Gasteiger partial charge in [0.2, 0.25) is 0 Å². The minimum absolute atomic E-state index is 0.239. The quantitative estimate of drug-likeness (QED) is 0.851. The van der Waals surface area contributed by atoms with Crippen LogP contribution in [-0.4, -0.2) is 22.6 Å². The summed E-state index contributed by atoms with van der Waals surface area (Å²) in [6, 6.07) is 7.12. The van der Waals surface area contributed by atoms with Gasteiger partial charge in [0.05, 0.1) is 14.2 Å². The highest BCUT2D eigenvalue weighted by atomic mass is 32.2. The molecule has 3 rings (SSSR count). The lowest BCUT2D eigenvalue weighted by Crippen LogP contribution is -2.26. The number of rotatable bonds is 6. The Kier molecular flexibility index (Phi) is 4.85. The number of hydrogen-bond donors (Lipinski definition) is 1. The van der Waals surface area contributed by atoms with Crippen molar-refractivity contribution in [2.24, 2.45) is 0 Å². The predicted molar refractivity (Wildman–Crippen MR) is 94.6 cm³/mol. The van der Waals surface area contributed by atoms with Crippen molar-refractivity contribution in [3.63, 3.8) is 0 Å². The first-order valence-corrected chi connectivity index (χ1v) is 10.1. The minimum atomic E-state index is -3.51. The lowest BCUT2D eigenvalue weighted by atomic mass is 10.1. The summed E-state index contributed by atoms with van der Waals surface area (Å²) >= 11 is 1.32. The van der Waals surface area contributed by atoms with Gasteiger partial charge in [0.1, 0.15) is 4.21 Å². The van der Waals surface area contributed by atoms with Crippen molar-refractivity contribution in [2.75, 3.05) is 14.2 Å². The Balaban J connectivity index is 1.88. The van der Waals surface area contributed by atoms with E-state index >= 15 is 0 Å². The minimum Gasteiger partial charge on any atom is -0.493 e. The largest absolute Gasteiger partial charge is 0.493 e. The second kappa shape index (κ2) is 6.74. The first kappa shape index (κ1) is 17.3. The Bertz CT molecular complexity index is 842. The molecule has 5 nitrogen and oxygen atoms in total. The molecule has 24 heavy (non-hydrogen) atoms. The number of ether oxygens (including phenoxy) is 2. The molecule has 130 valence electrons. The first-order chi connectivity index (χ1) is 11.5. The third kappa shape index (κ3) is 3.16. The number of fused-ring (bicyclic) bond motifs is 1. The number of hydrogen-bond acceptors (Lipinski definition) is 5. The Morgan fingerprint density at radius 2 is 1.92 bits per heavy atom. The average molecular weight is 367 g/mol. The van der Waals surface area contributed by atoms with E-state index in [9.17, 15) is 8.42 Å². The summed E-state index contributed by atoms with van der Waals surface area (Å²) in [4.78, 5) is 1.06. The van der Waals surface area contributed by atoms with Crippen LogP contribution in [0.1, 0.15) is 35.4 Å². The molecule has 0 saturated carbocycles. The summed E-state index contributed by atoms with van der Waals surface area (Å²) in [7, 11) is -0.336. The van der Waals surface area contributed by atoms with Crippen LogP contribution in [0.2, 0.25) is 0 Å². The predicted octanol–water partition coefficient (Wildman–Crippen LogP) is 3.29. The molecule has 7 heteroatoms. The normalized spacial score (nSPS) is 16.9. The van der Waals surface area contributed by atoms with E-state index in [2.05, 4.69) is 4.72 Å². The van der Waals surface area contributed by atoms with Gasteiger partial charge in [0.25, 0.3) is 10.0 Å². The van der Waals surface area contributed by atoms with Gasteiger partial charge < -0.3 is 9.47 Å². The standard InChI is InChI=1S/C17H21NO4S2/c1-4-12-6-8-17(23-12)24(19,20)18-14-7-5-11-9-15(21-2)16(22-3)10-13(11)14/h6,8-10,14,18H,4-5,7H2,1-3H3. The average Bonchev–Trinajstić information content (AvgIpc) is 3.20. The summed E-state index contributed by atoms with van der Waals surface area (Å²) in [5.74, 6) is 1.29. The second-order valence-corrected chi connectivity index (χ2v) is 8.80. The molecule has 1 unspecified atom stereocenters. The molecule has 1 aliphatic rings. The van der Waals surface area contributed by atoms with Crippen molar-refractivity contribution >= 4 is 21.4 Å². The van der Waals surface area contributed by atoms with E-state index in [0.29, 0.717) is 15.7 Å². The highest BCUT2D eigenvalue weighted by Gasteiger charge is 2.29. The van der Waals surface area contributed by atoms with E-state index in [1.165, 1.54) is 11.3 Å². The molecule has 2 aromatic rings. The van der Waals surface area contributed by atoms with Gasteiger partial charge in [-0.05, 0) is 54.7 Å². The molecule has 0 spiro atoms. The fraction of sp³-hybridized carbons (Fsp3) is 0.412. The Hall–Kier alpha value is -1.57. The molecule has 0 fully saturated rings. The molecule has 0 bridgehead atoms. The number of nitrogens with one attached hydrogen (secondary N) is 1. The summed E-state index contributed by atoms with van der Waals surface area (Å²) in [6.07, 6.45) is 2.38. The Morgan fingerprint density at radius 1 is 1.21 bits per heavy atom. The molecular formula is C17H21NO4S2. The van der Waals surface area contributed by atoms with Crippen molar-refractivity contribution in [3.8, 4) is 11.5 Å². The van der Waals surface area contributed by atoms with Gasteiger partial charge in [-0.1, -0.05) is 6.92 Å². The molecule has 1 heterocycles. The van der Waals surface area contributed by atoms with Gasteiger partial charge in [-0.15, -0.1) is 11.3 Å². The van der Waals surface area contributed by atoms with Gasteiger partial charge in [0.15, 0.2) is 11.5 Å². The van der Waals surface area contributed by atoms with E-state index < -0.39 is 10.0 Å². The molecule has 0 saturated heterocycles. The summed E-state index contributed by atoms with van der Waals surface area (Å²) in [6.45, 7) is 2.02. The zero-order valence-electron chi connectivity index (χ0n) is 14.0. The fourth-order valence-electron chi connectivity index (χ4n) is 2.99. The van der Waals surface area contributed by atoms with Crippen LogP contribution in [0.3, 0.4) is 0 Å². The van der Waals surface area contributed by atoms with Crippen LogP contribution in [-0.2, 0) is 22.9 Å². The van der Waals surface area contributed by atoms with E-state index in [0.717, 1.165) is 35.3 Å². The molecule has 1 aliphatic carbocycles. The van der Waals surface area contributed by atoms with Crippen LogP contribution in [0, 0.1) is 0 Å². The third-order valence-corrected chi connectivity index (χ3v) is 7.46. The number of benzene rings is 1. The van der Waals surface area contributed by atoms with Crippen LogP contribution in [0.15, 0.2) is 28.5 Å². The maximum atomic E-state index is 12.6. The maximum absolute atomic E-state index is 12.6. The van der Waals surface area contributed by atoms with Crippen molar-refractivity contribution in [1.29, 1.82) is 0 Å². The zero-order valence-corrected chi connectivity index (χ0v) is 15.6. The van der Waals surface area contributed by atoms with E-state index in [1.54, 1.807) is 20.3 Å². The second-order valence-electron chi connectivity index (χ2n) is 5.69. The highest BCUT2D eigenvalue weighted by Crippen LogP contribution is 2.40. The van der Waals surface area contributed by atoms with Crippen molar-refractivity contribution in [2.45, 2.75) is 36.4 Å². The van der Waals surface area contributed by atoms with Gasteiger partial charge in [-0.25, -0.2) is 13.1 Å². The summed E-state index contributed by atoms with van der Waals surface area (Å²) in [5.41, 5.74) is 2.06. The number of thiophene rings is 1. The first-order valence-electron chi connectivity index (χ1n) is 7.84. The summed E-state index contributed by atoms with van der Waals surface area (Å²) < 4.78 is 39.2. The van der Waals surface area contributed by atoms with Gasteiger partial charge in [-0.3, -0.25) is 0 Å². The topological polar surface area (TPSA) is 64.6 Å².